The van der Waals surface area contributed by atoms with Crippen LogP contribution in [0.4, 0.5) is 0 Å². The maximum atomic E-state index is 11.5. The number of hydrogen-bond donors (Lipinski definition) is 1. The monoisotopic (exact) mass is 228 g/mol. The molecule has 1 atom stereocenters. The molecular weight excluding hydrogens is 200 g/mol. The largest absolute Gasteiger partial charge is 0.353 e. The maximum absolute atomic E-state index is 11.5. The Labute approximate surface area is 101 Å². The fraction of sp³-hybridized carbons (Fsp3) is 0.923. The van der Waals surface area contributed by atoms with E-state index in [2.05, 4.69) is 52.0 Å². The lowest BCUT2D eigenvalue weighted by Crippen LogP contribution is -2.51. The molecule has 0 heterocycles. The van der Waals surface area contributed by atoms with E-state index in [9.17, 15) is 4.79 Å². The lowest BCUT2D eigenvalue weighted by atomic mass is 9.78. The highest BCUT2D eigenvalue weighted by atomic mass is 16.1. The second kappa shape index (κ2) is 6.24. The molecule has 0 bridgehead atoms. The van der Waals surface area contributed by atoms with Crippen molar-refractivity contribution in [3.63, 3.8) is 0 Å². The normalized spacial score (nSPS) is 14.3. The predicted molar refractivity (Wildman–Crippen MR) is 69.4 cm³/mol. The highest BCUT2D eigenvalue weighted by Crippen LogP contribution is 2.26. The number of amides is 1. The Bertz CT molecular complexity index is 222. The molecule has 0 spiro atoms. The summed E-state index contributed by atoms with van der Waals surface area (Å²) in [7, 11) is 4.14. The minimum atomic E-state index is 0.0858. The second-order valence-electron chi connectivity index (χ2n) is 5.87. The molecule has 3 nitrogen and oxygen atoms in total. The number of hydrogen-bond acceptors (Lipinski definition) is 2. The summed E-state index contributed by atoms with van der Waals surface area (Å²) in [5, 5.41) is 3.15. The zero-order valence-electron chi connectivity index (χ0n) is 11.9. The molecule has 0 aromatic heterocycles. The molecule has 0 saturated heterocycles. The van der Waals surface area contributed by atoms with Crippen LogP contribution in [-0.2, 0) is 4.79 Å². The van der Waals surface area contributed by atoms with Gasteiger partial charge in [-0.2, -0.15) is 0 Å². The van der Waals surface area contributed by atoms with Gasteiger partial charge in [-0.05, 0) is 25.4 Å². The van der Waals surface area contributed by atoms with Crippen LogP contribution in [0.25, 0.3) is 0 Å². The van der Waals surface area contributed by atoms with E-state index in [1.807, 2.05) is 6.92 Å². The van der Waals surface area contributed by atoms with Crippen molar-refractivity contribution in [2.45, 2.75) is 47.1 Å². The maximum Gasteiger partial charge on any atom is 0.219 e. The summed E-state index contributed by atoms with van der Waals surface area (Å²) in [6, 6.07) is 0.224. The SMILES string of the molecule is CCC(=O)NC(C(C)C)C(C)(C)CN(C)C. The molecule has 96 valence electrons. The Hall–Kier alpha value is -0.570. The quantitative estimate of drug-likeness (QED) is 0.755. The standard InChI is InChI=1S/C13H28N2O/c1-8-11(16)14-12(10(2)3)13(4,5)9-15(6)7/h10,12H,8-9H2,1-7H3,(H,14,16). The van der Waals surface area contributed by atoms with E-state index in [1.165, 1.54) is 0 Å². The van der Waals surface area contributed by atoms with E-state index in [0.29, 0.717) is 12.3 Å². The molecule has 1 amide bonds. The highest BCUT2D eigenvalue weighted by Gasteiger charge is 2.33. The topological polar surface area (TPSA) is 32.3 Å². The van der Waals surface area contributed by atoms with Gasteiger partial charge in [-0.25, -0.2) is 0 Å². The van der Waals surface area contributed by atoms with Crippen LogP contribution in [0.5, 0.6) is 0 Å². The number of rotatable bonds is 6. The third-order valence-corrected chi connectivity index (χ3v) is 2.87. The van der Waals surface area contributed by atoms with Crippen molar-refractivity contribution >= 4 is 5.91 Å². The molecule has 1 unspecified atom stereocenters. The van der Waals surface area contributed by atoms with Crippen LogP contribution in [0.3, 0.4) is 0 Å². The summed E-state index contributed by atoms with van der Waals surface area (Å²) in [6.07, 6.45) is 0.557. The Balaban J connectivity index is 4.69. The van der Waals surface area contributed by atoms with Crippen molar-refractivity contribution in [3.05, 3.63) is 0 Å². The van der Waals surface area contributed by atoms with Crippen LogP contribution in [-0.4, -0.2) is 37.5 Å². The van der Waals surface area contributed by atoms with E-state index in [-0.39, 0.29) is 17.4 Å². The van der Waals surface area contributed by atoms with Crippen LogP contribution < -0.4 is 5.32 Å². The van der Waals surface area contributed by atoms with Crippen molar-refractivity contribution < 1.29 is 4.79 Å². The number of nitrogens with one attached hydrogen (secondary N) is 1. The summed E-state index contributed by atoms with van der Waals surface area (Å²) in [5.74, 6) is 0.594. The van der Waals surface area contributed by atoms with Crippen LogP contribution in [0, 0.1) is 11.3 Å². The van der Waals surface area contributed by atoms with Gasteiger partial charge < -0.3 is 10.2 Å². The van der Waals surface area contributed by atoms with E-state index < -0.39 is 0 Å². The zero-order chi connectivity index (χ0) is 12.9. The molecular formula is C13H28N2O. The first-order valence-electron chi connectivity index (χ1n) is 6.14. The van der Waals surface area contributed by atoms with Crippen LogP contribution >= 0.6 is 0 Å². The van der Waals surface area contributed by atoms with Gasteiger partial charge in [0.05, 0.1) is 0 Å². The molecule has 0 radical (unpaired) electrons. The summed E-state index contributed by atoms with van der Waals surface area (Å²) in [4.78, 5) is 13.7. The van der Waals surface area contributed by atoms with Gasteiger partial charge in [0.15, 0.2) is 0 Å². The summed E-state index contributed by atoms with van der Waals surface area (Å²) >= 11 is 0. The highest BCUT2D eigenvalue weighted by molar-refractivity contribution is 5.75. The Morgan fingerprint density at radius 2 is 1.81 bits per heavy atom. The minimum absolute atomic E-state index is 0.0858. The van der Waals surface area contributed by atoms with E-state index >= 15 is 0 Å². The lowest BCUT2D eigenvalue weighted by Gasteiger charge is -2.39. The van der Waals surface area contributed by atoms with Crippen molar-refractivity contribution in [2.24, 2.45) is 11.3 Å². The molecule has 0 aromatic rings. The van der Waals surface area contributed by atoms with Gasteiger partial charge in [0.1, 0.15) is 0 Å². The Morgan fingerprint density at radius 3 is 2.12 bits per heavy atom. The van der Waals surface area contributed by atoms with Gasteiger partial charge in [0.2, 0.25) is 5.91 Å². The van der Waals surface area contributed by atoms with Gasteiger partial charge in [-0.1, -0.05) is 34.6 Å². The predicted octanol–water partition coefficient (Wildman–Crippen LogP) is 2.12. The van der Waals surface area contributed by atoms with E-state index in [4.69, 9.17) is 0 Å². The van der Waals surface area contributed by atoms with Gasteiger partial charge in [-0.3, -0.25) is 4.79 Å². The number of nitrogens with zero attached hydrogens (tertiary/aromatic N) is 1. The molecule has 1 N–H and O–H groups in total. The fourth-order valence-electron chi connectivity index (χ4n) is 2.45. The average Bonchev–Trinajstić information content (AvgIpc) is 2.10. The number of carbonyl (C=O) groups excluding carboxylic acids is 1. The van der Waals surface area contributed by atoms with Gasteiger partial charge in [0, 0.05) is 19.0 Å². The van der Waals surface area contributed by atoms with Crippen LogP contribution in [0.1, 0.15) is 41.0 Å². The number of carbonyl (C=O) groups is 1. The third-order valence-electron chi connectivity index (χ3n) is 2.87. The van der Waals surface area contributed by atoms with Gasteiger partial charge in [0.25, 0.3) is 0 Å². The van der Waals surface area contributed by atoms with Crippen molar-refractivity contribution in [1.29, 1.82) is 0 Å². The average molecular weight is 228 g/mol. The molecule has 0 aliphatic rings. The minimum Gasteiger partial charge on any atom is -0.353 e. The van der Waals surface area contributed by atoms with Gasteiger partial charge in [-0.15, -0.1) is 0 Å². The first-order valence-corrected chi connectivity index (χ1v) is 6.14. The van der Waals surface area contributed by atoms with Crippen molar-refractivity contribution in [1.82, 2.24) is 10.2 Å². The molecule has 16 heavy (non-hydrogen) atoms. The van der Waals surface area contributed by atoms with E-state index in [0.717, 1.165) is 6.54 Å². The fourth-order valence-corrected chi connectivity index (χ4v) is 2.45. The summed E-state index contributed by atoms with van der Waals surface area (Å²) in [5.41, 5.74) is 0.0858. The molecule has 0 rings (SSSR count). The van der Waals surface area contributed by atoms with Crippen LogP contribution in [0.2, 0.25) is 0 Å². The Kier molecular flexibility index (Phi) is 6.01. The summed E-state index contributed by atoms with van der Waals surface area (Å²) < 4.78 is 0. The zero-order valence-corrected chi connectivity index (χ0v) is 11.9. The molecule has 0 aliphatic carbocycles. The molecule has 0 aromatic carbocycles. The molecule has 0 saturated carbocycles. The summed E-state index contributed by atoms with van der Waals surface area (Å²) in [6.45, 7) is 11.6. The smallest absolute Gasteiger partial charge is 0.219 e. The van der Waals surface area contributed by atoms with Gasteiger partial charge >= 0.3 is 0 Å². The van der Waals surface area contributed by atoms with Crippen molar-refractivity contribution in [3.8, 4) is 0 Å². The van der Waals surface area contributed by atoms with E-state index in [1.54, 1.807) is 0 Å². The first-order chi connectivity index (χ1) is 7.20. The molecule has 0 aliphatic heterocycles. The first kappa shape index (κ1) is 15.4. The molecule has 3 heteroatoms. The van der Waals surface area contributed by atoms with Crippen molar-refractivity contribution in [2.75, 3.05) is 20.6 Å². The van der Waals surface area contributed by atoms with Crippen LogP contribution in [0.15, 0.2) is 0 Å². The lowest BCUT2D eigenvalue weighted by molar-refractivity contribution is -0.122. The second-order valence-corrected chi connectivity index (χ2v) is 5.87. The molecule has 0 fully saturated rings. The third kappa shape index (κ3) is 4.97. The Morgan fingerprint density at radius 1 is 1.31 bits per heavy atom.